The number of fused-ring (bicyclic) bond motifs is 9. The summed E-state index contributed by atoms with van der Waals surface area (Å²) in [5.74, 6) is 0. The van der Waals surface area contributed by atoms with Gasteiger partial charge in [0.15, 0.2) is 0 Å². The molecule has 5 heteroatoms. The van der Waals surface area contributed by atoms with Crippen LogP contribution in [0.15, 0.2) is 315 Å². The van der Waals surface area contributed by atoms with E-state index in [1.54, 1.807) is 0 Å². The highest BCUT2D eigenvalue weighted by Gasteiger charge is 2.47. The second-order valence-corrected chi connectivity index (χ2v) is 24.1. The minimum atomic E-state index is -0.202. The zero-order valence-electron chi connectivity index (χ0n) is 48.9. The van der Waals surface area contributed by atoms with Crippen LogP contribution in [0.2, 0.25) is 0 Å². The predicted octanol–water partition coefficient (Wildman–Crippen LogP) is 20.7. The summed E-state index contributed by atoms with van der Waals surface area (Å²) in [5.41, 5.74) is 30.1. The highest BCUT2D eigenvalue weighted by molar-refractivity contribution is 7.00. The van der Waals surface area contributed by atoms with Crippen LogP contribution in [0.4, 0.5) is 68.2 Å². The van der Waals surface area contributed by atoms with Gasteiger partial charge in [0.1, 0.15) is 0 Å². The quantitative estimate of drug-likeness (QED) is 0.127. The number of para-hydroxylation sites is 4. The SMILES string of the molecule is CC(C)(C)c1ccc(-c2cccc(N3c4cc(N(c5ccccc5)c5ccccc5)ccc4B4c5cc(-c6ccccc6)cc6c5N(c5ccc(-c7ccccc7)cc5-c5ccccc5-6)c5cc(N(c6ccccc6)c6ccccc6)cc3c54)c2)cc1. The maximum atomic E-state index is 2.65. The van der Waals surface area contributed by atoms with E-state index in [1.807, 2.05) is 0 Å². The monoisotopic (exact) mass is 1110 g/mol. The van der Waals surface area contributed by atoms with Crippen molar-refractivity contribution in [3.63, 3.8) is 0 Å². The Labute approximate surface area is 510 Å². The minimum Gasteiger partial charge on any atom is -0.311 e. The molecule has 0 saturated heterocycles. The van der Waals surface area contributed by atoms with Crippen LogP contribution < -0.4 is 36.0 Å². The fourth-order valence-electron chi connectivity index (χ4n) is 13.8. The van der Waals surface area contributed by atoms with Gasteiger partial charge in [0, 0.05) is 68.0 Å². The third-order valence-electron chi connectivity index (χ3n) is 17.9. The van der Waals surface area contributed by atoms with Crippen molar-refractivity contribution in [2.75, 3.05) is 19.6 Å². The Morgan fingerprint density at radius 2 is 0.724 bits per heavy atom. The van der Waals surface area contributed by atoms with Gasteiger partial charge in [-0.3, -0.25) is 0 Å². The first-order chi connectivity index (χ1) is 42.8. The lowest BCUT2D eigenvalue weighted by Gasteiger charge is -2.46. The smallest absolute Gasteiger partial charge is 0.252 e. The molecule has 3 heterocycles. The van der Waals surface area contributed by atoms with E-state index in [0.717, 1.165) is 68.1 Å². The first kappa shape index (κ1) is 51.7. The molecule has 13 aromatic carbocycles. The molecule has 13 aromatic rings. The Balaban J connectivity index is 1.05. The Morgan fingerprint density at radius 1 is 0.276 bits per heavy atom. The number of rotatable bonds is 10. The molecule has 16 rings (SSSR count). The van der Waals surface area contributed by atoms with Gasteiger partial charge in [-0.05, 0) is 175 Å². The van der Waals surface area contributed by atoms with E-state index < -0.39 is 0 Å². The van der Waals surface area contributed by atoms with Crippen LogP contribution in [0.1, 0.15) is 26.3 Å². The molecule has 0 atom stereocenters. The van der Waals surface area contributed by atoms with Crippen molar-refractivity contribution in [3.05, 3.63) is 321 Å². The highest BCUT2D eigenvalue weighted by atomic mass is 15.2. The van der Waals surface area contributed by atoms with Gasteiger partial charge in [0.2, 0.25) is 0 Å². The standard InChI is InChI=1S/C82H61BN4/c1-82(2,3)62-44-41-58(42-45-62)59-29-24-38-67(49-59)86-77-53-68(84(63-30-14-6-15-31-63)64-32-16-7-17-33-64)46-47-74(77)83-75-52-61(57-27-12-5-13-28-57)51-73-71-40-23-22-39-70(71)72-50-60(56-25-10-4-11-26-56)43-48-76(72)87(81(73)75)79-55-69(54-78(86)80(79)83)85(65-34-18-8-19-35-65)66-36-20-9-21-37-66/h4-55H,1-3H3. The zero-order chi connectivity index (χ0) is 58.2. The fraction of sp³-hybridized carbons (Fsp3) is 0.0488. The van der Waals surface area contributed by atoms with Crippen LogP contribution in [0.5, 0.6) is 0 Å². The molecular formula is C82H61BN4. The molecule has 412 valence electrons. The first-order valence-corrected chi connectivity index (χ1v) is 30.3. The summed E-state index contributed by atoms with van der Waals surface area (Å²) in [6.07, 6.45) is 0. The summed E-state index contributed by atoms with van der Waals surface area (Å²) < 4.78 is 0. The minimum absolute atomic E-state index is 0.0269. The maximum Gasteiger partial charge on any atom is 0.252 e. The van der Waals surface area contributed by atoms with Crippen molar-refractivity contribution >= 4 is 91.3 Å². The average Bonchev–Trinajstić information content (AvgIpc) is 3.19. The molecule has 0 bridgehead atoms. The van der Waals surface area contributed by atoms with E-state index >= 15 is 0 Å². The van der Waals surface area contributed by atoms with Gasteiger partial charge in [-0.25, -0.2) is 0 Å². The third-order valence-corrected chi connectivity index (χ3v) is 17.9. The predicted molar refractivity (Wildman–Crippen MR) is 369 cm³/mol. The number of nitrogens with zero attached hydrogens (tertiary/aromatic N) is 4. The summed E-state index contributed by atoms with van der Waals surface area (Å²) in [5, 5.41) is 0. The second kappa shape index (κ2) is 21.0. The van der Waals surface area contributed by atoms with Crippen LogP contribution >= 0.6 is 0 Å². The molecule has 0 amide bonds. The Morgan fingerprint density at radius 3 is 1.30 bits per heavy atom. The molecular weight excluding hydrogens is 1050 g/mol. The fourth-order valence-corrected chi connectivity index (χ4v) is 13.8. The van der Waals surface area contributed by atoms with E-state index in [9.17, 15) is 0 Å². The molecule has 3 aliphatic heterocycles. The molecule has 0 aliphatic carbocycles. The van der Waals surface area contributed by atoms with Gasteiger partial charge in [-0.2, -0.15) is 0 Å². The molecule has 0 aromatic heterocycles. The molecule has 0 spiro atoms. The lowest BCUT2D eigenvalue weighted by molar-refractivity contribution is 0.590. The average molecular weight is 1110 g/mol. The van der Waals surface area contributed by atoms with Crippen molar-refractivity contribution in [1.82, 2.24) is 0 Å². The molecule has 0 N–H and O–H groups in total. The van der Waals surface area contributed by atoms with Gasteiger partial charge in [0.25, 0.3) is 6.71 Å². The topological polar surface area (TPSA) is 13.0 Å². The van der Waals surface area contributed by atoms with Crippen LogP contribution in [-0.4, -0.2) is 6.71 Å². The summed E-state index contributed by atoms with van der Waals surface area (Å²) in [7, 11) is 0. The van der Waals surface area contributed by atoms with Gasteiger partial charge < -0.3 is 19.6 Å². The van der Waals surface area contributed by atoms with Gasteiger partial charge >= 0.3 is 0 Å². The van der Waals surface area contributed by atoms with Crippen molar-refractivity contribution < 1.29 is 0 Å². The molecule has 87 heavy (non-hydrogen) atoms. The Bertz CT molecular complexity index is 4640. The highest BCUT2D eigenvalue weighted by Crippen LogP contribution is 2.56. The number of anilines is 12. The Hall–Kier alpha value is -10.9. The second-order valence-electron chi connectivity index (χ2n) is 24.1. The van der Waals surface area contributed by atoms with Crippen molar-refractivity contribution in [2.45, 2.75) is 26.2 Å². The van der Waals surface area contributed by atoms with Gasteiger partial charge in [-0.1, -0.05) is 233 Å². The first-order valence-electron chi connectivity index (χ1n) is 30.3. The lowest BCUT2D eigenvalue weighted by Crippen LogP contribution is -2.61. The summed E-state index contributed by atoms with van der Waals surface area (Å²) in [6, 6.07) is 117. The van der Waals surface area contributed by atoms with Crippen molar-refractivity contribution in [1.29, 1.82) is 0 Å². The number of hydrogen-bond acceptors (Lipinski definition) is 4. The maximum absolute atomic E-state index is 2.65. The largest absolute Gasteiger partial charge is 0.311 e. The van der Waals surface area contributed by atoms with Crippen LogP contribution in [-0.2, 0) is 5.41 Å². The molecule has 4 nitrogen and oxygen atoms in total. The van der Waals surface area contributed by atoms with E-state index in [4.69, 9.17) is 0 Å². The van der Waals surface area contributed by atoms with E-state index in [1.165, 1.54) is 77.7 Å². The normalized spacial score (nSPS) is 12.5. The van der Waals surface area contributed by atoms with Crippen LogP contribution in [0.25, 0.3) is 55.6 Å². The molecule has 0 radical (unpaired) electrons. The third kappa shape index (κ3) is 8.93. The molecule has 0 saturated carbocycles. The van der Waals surface area contributed by atoms with Crippen LogP contribution in [0.3, 0.4) is 0 Å². The molecule has 0 unspecified atom stereocenters. The lowest BCUT2D eigenvalue weighted by atomic mass is 9.33. The van der Waals surface area contributed by atoms with Crippen LogP contribution in [0, 0.1) is 0 Å². The van der Waals surface area contributed by atoms with Gasteiger partial charge in [0.05, 0.1) is 11.4 Å². The Kier molecular flexibility index (Phi) is 12.5. The number of hydrogen-bond donors (Lipinski definition) is 0. The van der Waals surface area contributed by atoms with Crippen molar-refractivity contribution in [3.8, 4) is 55.6 Å². The molecule has 3 aliphatic rings. The zero-order valence-corrected chi connectivity index (χ0v) is 48.9. The van der Waals surface area contributed by atoms with Crippen molar-refractivity contribution in [2.24, 2.45) is 0 Å². The van der Waals surface area contributed by atoms with E-state index in [-0.39, 0.29) is 12.1 Å². The van der Waals surface area contributed by atoms with E-state index in [2.05, 4.69) is 356 Å². The molecule has 0 fully saturated rings. The number of benzene rings is 13. The summed E-state index contributed by atoms with van der Waals surface area (Å²) >= 11 is 0. The van der Waals surface area contributed by atoms with E-state index in [0.29, 0.717) is 0 Å². The summed E-state index contributed by atoms with van der Waals surface area (Å²) in [6.45, 7) is 6.65. The van der Waals surface area contributed by atoms with Gasteiger partial charge in [-0.15, -0.1) is 0 Å². The summed E-state index contributed by atoms with van der Waals surface area (Å²) in [4.78, 5) is 10.1.